The summed E-state index contributed by atoms with van der Waals surface area (Å²) in [5, 5.41) is 0. The summed E-state index contributed by atoms with van der Waals surface area (Å²) in [6, 6.07) is 5.65. The van der Waals surface area contributed by atoms with Crippen LogP contribution in [0.1, 0.15) is 45.8 Å². The van der Waals surface area contributed by atoms with Gasteiger partial charge in [-0.05, 0) is 51.8 Å². The number of ketones is 1. The molecule has 0 bridgehead atoms. The molecule has 1 unspecified atom stereocenters. The molecule has 0 saturated heterocycles. The molecule has 0 fully saturated rings. The van der Waals surface area contributed by atoms with Gasteiger partial charge in [0.2, 0.25) is 0 Å². The largest absolute Gasteiger partial charge is 0.324 e. The number of imidazole rings is 1. The highest BCUT2D eigenvalue weighted by Gasteiger charge is 2.19. The molecular weight excluding hydrogens is 236 g/mol. The molecule has 1 heterocycles. The molecule has 1 aromatic heterocycles. The van der Waals surface area contributed by atoms with Gasteiger partial charge in [0.1, 0.15) is 0 Å². The monoisotopic (exact) mass is 256 g/mol. The average Bonchev–Trinajstić information content (AvgIpc) is 2.72. The summed E-state index contributed by atoms with van der Waals surface area (Å²) >= 11 is 0. The van der Waals surface area contributed by atoms with Crippen LogP contribution >= 0.6 is 0 Å². The Labute approximate surface area is 114 Å². The van der Waals surface area contributed by atoms with Crippen LogP contribution < -0.4 is 0 Å². The van der Waals surface area contributed by atoms with Gasteiger partial charge in [0.15, 0.2) is 5.78 Å². The van der Waals surface area contributed by atoms with Crippen LogP contribution in [-0.4, -0.2) is 15.3 Å². The van der Waals surface area contributed by atoms with Crippen LogP contribution in [0.4, 0.5) is 0 Å². The van der Waals surface area contributed by atoms with E-state index < -0.39 is 0 Å². The first-order valence-electron chi connectivity index (χ1n) is 6.53. The van der Waals surface area contributed by atoms with Crippen molar-refractivity contribution in [3.63, 3.8) is 0 Å². The standard InChI is InChI=1S/C16H20N2O/c1-10-6-7-15(8-11(10)2)16(19)14(5)18-9-17-12(3)13(18)4/h6-9,14H,1-5H3. The summed E-state index contributed by atoms with van der Waals surface area (Å²) < 4.78 is 1.94. The zero-order valence-electron chi connectivity index (χ0n) is 12.2. The lowest BCUT2D eigenvalue weighted by Gasteiger charge is -2.15. The maximum atomic E-state index is 12.5. The number of aryl methyl sites for hydroxylation is 3. The summed E-state index contributed by atoms with van der Waals surface area (Å²) in [7, 11) is 0. The summed E-state index contributed by atoms with van der Waals surface area (Å²) in [4.78, 5) is 16.8. The number of nitrogens with zero attached hydrogens (tertiary/aromatic N) is 2. The maximum absolute atomic E-state index is 12.5. The zero-order chi connectivity index (χ0) is 14.2. The van der Waals surface area contributed by atoms with E-state index in [1.807, 2.05) is 50.5 Å². The van der Waals surface area contributed by atoms with E-state index in [-0.39, 0.29) is 11.8 Å². The lowest BCUT2D eigenvalue weighted by atomic mass is 10.00. The number of hydrogen-bond acceptors (Lipinski definition) is 2. The van der Waals surface area contributed by atoms with Crippen molar-refractivity contribution in [2.75, 3.05) is 0 Å². The number of Topliss-reactive ketones (excluding diaryl/α,β-unsaturated/α-hetero) is 1. The molecule has 0 aliphatic carbocycles. The first kappa shape index (κ1) is 13.5. The van der Waals surface area contributed by atoms with Crippen LogP contribution in [0, 0.1) is 27.7 Å². The van der Waals surface area contributed by atoms with E-state index >= 15 is 0 Å². The molecule has 0 aliphatic rings. The summed E-state index contributed by atoms with van der Waals surface area (Å²) in [5.41, 5.74) is 5.14. The smallest absolute Gasteiger partial charge is 0.185 e. The Morgan fingerprint density at radius 1 is 1.16 bits per heavy atom. The Balaban J connectivity index is 2.33. The van der Waals surface area contributed by atoms with Crippen LogP contribution in [0.3, 0.4) is 0 Å². The molecule has 19 heavy (non-hydrogen) atoms. The molecule has 0 saturated carbocycles. The highest BCUT2D eigenvalue weighted by molar-refractivity contribution is 5.99. The highest BCUT2D eigenvalue weighted by Crippen LogP contribution is 2.19. The second kappa shape index (κ2) is 5.00. The van der Waals surface area contributed by atoms with Gasteiger partial charge in [-0.15, -0.1) is 0 Å². The van der Waals surface area contributed by atoms with E-state index in [1.165, 1.54) is 5.56 Å². The van der Waals surface area contributed by atoms with E-state index in [0.717, 1.165) is 22.5 Å². The average molecular weight is 256 g/mol. The molecule has 3 heteroatoms. The molecule has 2 rings (SSSR count). The SMILES string of the molecule is Cc1ccc(C(=O)C(C)n2cnc(C)c2C)cc1C. The van der Waals surface area contributed by atoms with E-state index in [2.05, 4.69) is 11.9 Å². The van der Waals surface area contributed by atoms with Crippen LogP contribution in [-0.2, 0) is 0 Å². The van der Waals surface area contributed by atoms with Gasteiger partial charge < -0.3 is 4.57 Å². The molecule has 3 nitrogen and oxygen atoms in total. The number of carbonyl (C=O) groups is 1. The van der Waals surface area contributed by atoms with Gasteiger partial charge in [-0.1, -0.05) is 12.1 Å². The van der Waals surface area contributed by atoms with Gasteiger partial charge in [-0.2, -0.15) is 0 Å². The Kier molecular flexibility index (Phi) is 3.56. The van der Waals surface area contributed by atoms with Gasteiger partial charge in [-0.25, -0.2) is 4.98 Å². The number of hydrogen-bond donors (Lipinski definition) is 0. The van der Waals surface area contributed by atoms with E-state index in [1.54, 1.807) is 6.33 Å². The third-order valence-electron chi connectivity index (χ3n) is 3.87. The van der Waals surface area contributed by atoms with Gasteiger partial charge in [0.05, 0.1) is 18.1 Å². The first-order chi connectivity index (χ1) is 8.91. The van der Waals surface area contributed by atoms with Crippen molar-refractivity contribution in [2.45, 2.75) is 40.7 Å². The van der Waals surface area contributed by atoms with Crippen LogP contribution in [0.25, 0.3) is 0 Å². The maximum Gasteiger partial charge on any atom is 0.185 e. The van der Waals surface area contributed by atoms with Gasteiger partial charge in [-0.3, -0.25) is 4.79 Å². The summed E-state index contributed by atoms with van der Waals surface area (Å²) in [6.07, 6.45) is 1.74. The molecule has 1 atom stereocenters. The predicted octanol–water partition coefficient (Wildman–Crippen LogP) is 3.56. The minimum absolute atomic E-state index is 0.128. The fourth-order valence-corrected chi connectivity index (χ4v) is 2.17. The molecule has 0 radical (unpaired) electrons. The number of benzene rings is 1. The molecule has 0 amide bonds. The van der Waals surface area contributed by atoms with E-state index in [0.29, 0.717) is 0 Å². The normalized spacial score (nSPS) is 12.5. The second-order valence-electron chi connectivity index (χ2n) is 5.16. The molecule has 0 spiro atoms. The fourth-order valence-electron chi connectivity index (χ4n) is 2.17. The van der Waals surface area contributed by atoms with Crippen LogP contribution in [0.2, 0.25) is 0 Å². The number of rotatable bonds is 3. The molecular formula is C16H20N2O. The quantitative estimate of drug-likeness (QED) is 0.787. The fraction of sp³-hybridized carbons (Fsp3) is 0.375. The third-order valence-corrected chi connectivity index (χ3v) is 3.87. The van der Waals surface area contributed by atoms with Crippen LogP contribution in [0.5, 0.6) is 0 Å². The Morgan fingerprint density at radius 3 is 2.37 bits per heavy atom. The first-order valence-corrected chi connectivity index (χ1v) is 6.53. The number of aromatic nitrogens is 2. The predicted molar refractivity (Wildman–Crippen MR) is 76.7 cm³/mol. The van der Waals surface area contributed by atoms with Crippen molar-refractivity contribution in [3.8, 4) is 0 Å². The second-order valence-corrected chi connectivity index (χ2v) is 5.16. The van der Waals surface area contributed by atoms with Crippen molar-refractivity contribution in [1.82, 2.24) is 9.55 Å². The van der Waals surface area contributed by atoms with Crippen molar-refractivity contribution < 1.29 is 4.79 Å². The van der Waals surface area contributed by atoms with Crippen molar-refractivity contribution in [3.05, 3.63) is 52.6 Å². The molecule has 1 aromatic carbocycles. The Bertz CT molecular complexity index is 626. The van der Waals surface area contributed by atoms with E-state index in [9.17, 15) is 4.79 Å². The van der Waals surface area contributed by atoms with Crippen molar-refractivity contribution in [2.24, 2.45) is 0 Å². The van der Waals surface area contributed by atoms with Crippen LogP contribution in [0.15, 0.2) is 24.5 Å². The third kappa shape index (κ3) is 2.46. The van der Waals surface area contributed by atoms with E-state index in [4.69, 9.17) is 0 Å². The lowest BCUT2D eigenvalue weighted by molar-refractivity contribution is 0.0933. The van der Waals surface area contributed by atoms with Crippen molar-refractivity contribution in [1.29, 1.82) is 0 Å². The highest BCUT2D eigenvalue weighted by atomic mass is 16.1. The lowest BCUT2D eigenvalue weighted by Crippen LogP contribution is -2.17. The summed E-state index contributed by atoms with van der Waals surface area (Å²) in [5.74, 6) is 0.128. The van der Waals surface area contributed by atoms with Crippen molar-refractivity contribution >= 4 is 5.78 Å². The molecule has 100 valence electrons. The minimum atomic E-state index is -0.219. The Hall–Kier alpha value is -1.90. The minimum Gasteiger partial charge on any atom is -0.324 e. The van der Waals surface area contributed by atoms with Gasteiger partial charge in [0.25, 0.3) is 0 Å². The van der Waals surface area contributed by atoms with Gasteiger partial charge >= 0.3 is 0 Å². The topological polar surface area (TPSA) is 34.9 Å². The molecule has 0 N–H and O–H groups in total. The molecule has 2 aromatic rings. The Morgan fingerprint density at radius 2 is 1.84 bits per heavy atom. The summed E-state index contributed by atoms with van der Waals surface area (Å²) in [6.45, 7) is 9.96. The zero-order valence-corrected chi connectivity index (χ0v) is 12.2. The number of carbonyl (C=O) groups excluding carboxylic acids is 1. The molecule has 0 aliphatic heterocycles. The van der Waals surface area contributed by atoms with Gasteiger partial charge in [0, 0.05) is 11.3 Å².